The predicted octanol–water partition coefficient (Wildman–Crippen LogP) is 6.13. The normalized spacial score (nSPS) is 11.7. The van der Waals surface area contributed by atoms with Gasteiger partial charge in [0.25, 0.3) is 0 Å². The molecule has 0 radical (unpaired) electrons. The second-order valence-electron chi connectivity index (χ2n) is 8.35. The lowest BCUT2D eigenvalue weighted by molar-refractivity contribution is -0.119. The maximum atomic E-state index is 13.1. The monoisotopic (exact) mass is 490 g/mol. The molecule has 1 N–H and O–H groups in total. The number of hydrogen-bond acceptors (Lipinski definition) is 4. The number of amides is 1. The number of nitrogens with one attached hydrogen (secondary N) is 1. The molecule has 1 aromatic heterocycles. The molecule has 5 aromatic rings. The topological polar surface area (TPSA) is 59.8 Å². The van der Waals surface area contributed by atoms with Crippen LogP contribution in [0.1, 0.15) is 17.2 Å². The van der Waals surface area contributed by atoms with Crippen LogP contribution in [0.3, 0.4) is 0 Å². The Hall–Kier alpha value is -4.16. The van der Waals surface area contributed by atoms with E-state index in [9.17, 15) is 4.79 Å². The third-order valence-corrected chi connectivity index (χ3v) is 6.76. The van der Waals surface area contributed by atoms with Crippen LogP contribution in [-0.2, 0) is 11.2 Å². The van der Waals surface area contributed by atoms with Gasteiger partial charge in [-0.2, -0.15) is 0 Å². The van der Waals surface area contributed by atoms with Crippen molar-refractivity contribution in [2.75, 3.05) is 5.75 Å². The molecular weight excluding hydrogens is 464 g/mol. The number of carbonyl (C=O) groups excluding carboxylic acids is 1. The SMILES string of the molecule is O=C(CSc1nnc(-c2ccccc2)n1-c1ccccc1)NC(Cc1ccccc1)c1ccccc1. The molecule has 0 aliphatic rings. The van der Waals surface area contributed by atoms with E-state index in [1.54, 1.807) is 0 Å². The predicted molar refractivity (Wildman–Crippen MR) is 145 cm³/mol. The summed E-state index contributed by atoms with van der Waals surface area (Å²) in [6, 6.07) is 40.2. The highest BCUT2D eigenvalue weighted by molar-refractivity contribution is 7.99. The van der Waals surface area contributed by atoms with Crippen molar-refractivity contribution in [2.45, 2.75) is 17.6 Å². The van der Waals surface area contributed by atoms with E-state index in [0.717, 1.165) is 29.1 Å². The highest BCUT2D eigenvalue weighted by atomic mass is 32.2. The minimum Gasteiger partial charge on any atom is -0.348 e. The molecule has 0 aliphatic carbocycles. The molecule has 0 saturated heterocycles. The Labute approximate surface area is 215 Å². The minimum absolute atomic E-state index is 0.0475. The van der Waals surface area contributed by atoms with E-state index in [0.29, 0.717) is 5.16 Å². The third-order valence-electron chi connectivity index (χ3n) is 5.83. The summed E-state index contributed by atoms with van der Waals surface area (Å²) in [4.78, 5) is 13.1. The molecule has 5 nitrogen and oxygen atoms in total. The van der Waals surface area contributed by atoms with Crippen molar-refractivity contribution in [1.82, 2.24) is 20.1 Å². The van der Waals surface area contributed by atoms with Gasteiger partial charge in [-0.05, 0) is 29.7 Å². The highest BCUT2D eigenvalue weighted by Crippen LogP contribution is 2.28. The van der Waals surface area contributed by atoms with E-state index in [1.807, 2.05) is 102 Å². The van der Waals surface area contributed by atoms with Crippen LogP contribution >= 0.6 is 11.8 Å². The van der Waals surface area contributed by atoms with Gasteiger partial charge in [-0.1, -0.05) is 121 Å². The lowest BCUT2D eigenvalue weighted by atomic mass is 9.99. The number of rotatable bonds is 9. The summed E-state index contributed by atoms with van der Waals surface area (Å²) >= 11 is 1.39. The summed E-state index contributed by atoms with van der Waals surface area (Å²) in [5.74, 6) is 0.933. The molecular formula is C30H26N4OS. The molecule has 178 valence electrons. The summed E-state index contributed by atoms with van der Waals surface area (Å²) in [6.45, 7) is 0. The van der Waals surface area contributed by atoms with Crippen LogP contribution in [0, 0.1) is 0 Å². The second kappa shape index (κ2) is 11.5. The van der Waals surface area contributed by atoms with Crippen molar-refractivity contribution in [2.24, 2.45) is 0 Å². The number of hydrogen-bond donors (Lipinski definition) is 1. The van der Waals surface area contributed by atoms with Crippen LogP contribution in [0.2, 0.25) is 0 Å². The first-order valence-electron chi connectivity index (χ1n) is 11.9. The van der Waals surface area contributed by atoms with E-state index in [4.69, 9.17) is 0 Å². The maximum Gasteiger partial charge on any atom is 0.230 e. The number of benzene rings is 4. The lowest BCUT2D eigenvalue weighted by Crippen LogP contribution is -2.31. The van der Waals surface area contributed by atoms with Gasteiger partial charge in [-0.25, -0.2) is 0 Å². The first-order chi connectivity index (χ1) is 17.8. The standard InChI is InChI=1S/C30H26N4OS/c35-28(31-27(24-15-7-2-8-16-24)21-23-13-5-1-6-14-23)22-36-30-33-32-29(25-17-9-3-10-18-25)34(30)26-19-11-4-12-20-26/h1-20,27H,21-22H2,(H,31,35). The van der Waals surface area contributed by atoms with Crippen LogP contribution in [0.4, 0.5) is 0 Å². The van der Waals surface area contributed by atoms with E-state index < -0.39 is 0 Å². The Kier molecular flexibility index (Phi) is 7.54. The van der Waals surface area contributed by atoms with Gasteiger partial charge in [0.2, 0.25) is 5.91 Å². The molecule has 6 heteroatoms. The Morgan fingerprint density at radius 3 is 2.00 bits per heavy atom. The van der Waals surface area contributed by atoms with Gasteiger partial charge in [0, 0.05) is 11.3 Å². The second-order valence-corrected chi connectivity index (χ2v) is 9.29. The molecule has 1 heterocycles. The van der Waals surface area contributed by atoms with Crippen molar-refractivity contribution in [1.29, 1.82) is 0 Å². The van der Waals surface area contributed by atoms with Gasteiger partial charge in [0.15, 0.2) is 11.0 Å². The quantitative estimate of drug-likeness (QED) is 0.253. The molecule has 5 rings (SSSR count). The molecule has 1 unspecified atom stereocenters. The smallest absolute Gasteiger partial charge is 0.230 e. The Morgan fingerprint density at radius 2 is 1.33 bits per heavy atom. The molecule has 0 aliphatic heterocycles. The highest BCUT2D eigenvalue weighted by Gasteiger charge is 2.19. The van der Waals surface area contributed by atoms with Gasteiger partial charge < -0.3 is 5.32 Å². The fraction of sp³-hybridized carbons (Fsp3) is 0.100. The van der Waals surface area contributed by atoms with Crippen molar-refractivity contribution in [3.63, 3.8) is 0 Å². The zero-order valence-corrected chi connectivity index (χ0v) is 20.5. The van der Waals surface area contributed by atoms with Gasteiger partial charge in [0.05, 0.1) is 11.8 Å². The van der Waals surface area contributed by atoms with Gasteiger partial charge in [-0.15, -0.1) is 10.2 Å². The van der Waals surface area contributed by atoms with Crippen molar-refractivity contribution < 1.29 is 4.79 Å². The fourth-order valence-electron chi connectivity index (χ4n) is 4.10. The average Bonchev–Trinajstić information content (AvgIpc) is 3.38. The third kappa shape index (κ3) is 5.73. The van der Waals surface area contributed by atoms with Gasteiger partial charge in [-0.3, -0.25) is 9.36 Å². The molecule has 0 bridgehead atoms. The van der Waals surface area contributed by atoms with Crippen LogP contribution in [0.25, 0.3) is 17.1 Å². The Balaban J connectivity index is 1.35. The molecule has 1 amide bonds. The molecule has 36 heavy (non-hydrogen) atoms. The van der Waals surface area contributed by atoms with Crippen LogP contribution < -0.4 is 5.32 Å². The summed E-state index contributed by atoms with van der Waals surface area (Å²) < 4.78 is 2.01. The summed E-state index contributed by atoms with van der Waals surface area (Å²) in [6.07, 6.45) is 0.722. The van der Waals surface area contributed by atoms with E-state index >= 15 is 0 Å². The maximum absolute atomic E-state index is 13.1. The number of carbonyl (C=O) groups is 1. The van der Waals surface area contributed by atoms with Gasteiger partial charge in [0.1, 0.15) is 0 Å². The molecule has 0 saturated carbocycles. The summed E-state index contributed by atoms with van der Waals surface area (Å²) in [5, 5.41) is 12.8. The zero-order valence-electron chi connectivity index (χ0n) is 19.7. The average molecular weight is 491 g/mol. The molecule has 1 atom stereocenters. The first kappa shape index (κ1) is 23.6. The van der Waals surface area contributed by atoms with Crippen LogP contribution in [0.15, 0.2) is 126 Å². The first-order valence-corrected chi connectivity index (χ1v) is 12.8. The minimum atomic E-state index is -0.117. The molecule has 0 fully saturated rings. The summed E-state index contributed by atoms with van der Waals surface area (Å²) in [7, 11) is 0. The van der Waals surface area contributed by atoms with Crippen molar-refractivity contribution in [3.05, 3.63) is 132 Å². The number of thioether (sulfide) groups is 1. The number of nitrogens with zero attached hydrogens (tertiary/aromatic N) is 3. The van der Waals surface area contributed by atoms with Crippen LogP contribution in [-0.4, -0.2) is 26.4 Å². The van der Waals surface area contributed by atoms with Crippen molar-refractivity contribution in [3.8, 4) is 17.1 Å². The van der Waals surface area contributed by atoms with Gasteiger partial charge >= 0.3 is 0 Å². The Bertz CT molecular complexity index is 1390. The van der Waals surface area contributed by atoms with E-state index in [1.165, 1.54) is 17.3 Å². The zero-order chi connectivity index (χ0) is 24.6. The molecule has 0 spiro atoms. The fourth-order valence-corrected chi connectivity index (χ4v) is 4.86. The van der Waals surface area contributed by atoms with E-state index in [-0.39, 0.29) is 17.7 Å². The van der Waals surface area contributed by atoms with Crippen LogP contribution in [0.5, 0.6) is 0 Å². The summed E-state index contributed by atoms with van der Waals surface area (Å²) in [5.41, 5.74) is 4.18. The Morgan fingerprint density at radius 1 is 0.750 bits per heavy atom. The largest absolute Gasteiger partial charge is 0.348 e. The molecule has 4 aromatic carbocycles. The van der Waals surface area contributed by atoms with Crippen molar-refractivity contribution >= 4 is 17.7 Å². The number of aromatic nitrogens is 3. The van der Waals surface area contributed by atoms with E-state index in [2.05, 4.69) is 39.8 Å². The lowest BCUT2D eigenvalue weighted by Gasteiger charge is -2.19. The number of para-hydroxylation sites is 1.